The van der Waals surface area contributed by atoms with Crippen molar-refractivity contribution >= 4 is 38.9 Å². The molecule has 1 aromatic carbocycles. The van der Waals surface area contributed by atoms with E-state index in [1.54, 1.807) is 11.3 Å². The zero-order valence-electron chi connectivity index (χ0n) is 11.2. The molecule has 108 valence electrons. The number of hydrogen-bond acceptors (Lipinski definition) is 3. The van der Waals surface area contributed by atoms with Gasteiger partial charge in [-0.1, -0.05) is 13.0 Å². The molecule has 0 aliphatic heterocycles. The molecule has 0 spiro atoms. The largest absolute Gasteiger partial charge is 0.493 e. The number of benzene rings is 1. The predicted octanol–water partition coefficient (Wildman–Crippen LogP) is 5.62. The molecule has 0 aliphatic rings. The number of hydrogen-bond donors (Lipinski definition) is 0. The van der Waals surface area contributed by atoms with Crippen LogP contribution in [0.25, 0.3) is 0 Å². The highest BCUT2D eigenvalue weighted by Gasteiger charge is 2.08. The summed E-state index contributed by atoms with van der Waals surface area (Å²) in [4.78, 5) is 1.16. The number of thiophene rings is 1. The molecule has 0 fully saturated rings. The molecule has 2 aromatic rings. The third kappa shape index (κ3) is 4.14. The van der Waals surface area contributed by atoms with Crippen LogP contribution < -0.4 is 9.47 Å². The number of halogens is 2. The van der Waals surface area contributed by atoms with Crippen molar-refractivity contribution in [2.45, 2.75) is 25.8 Å². The predicted molar refractivity (Wildman–Crippen MR) is 88.1 cm³/mol. The smallest absolute Gasteiger partial charge is 0.127 e. The van der Waals surface area contributed by atoms with Gasteiger partial charge in [-0.25, -0.2) is 0 Å². The van der Waals surface area contributed by atoms with Crippen LogP contribution in [0.3, 0.4) is 0 Å². The molecule has 1 aromatic heterocycles. The van der Waals surface area contributed by atoms with E-state index in [0.717, 1.165) is 32.8 Å². The van der Waals surface area contributed by atoms with E-state index in [2.05, 4.69) is 22.9 Å². The lowest BCUT2D eigenvalue weighted by molar-refractivity contribution is 0.295. The van der Waals surface area contributed by atoms with Crippen molar-refractivity contribution in [1.82, 2.24) is 0 Å². The average Bonchev–Trinajstić information content (AvgIpc) is 2.88. The standard InChI is InChI=1S/C15H16BrClO2S/c1-2-6-18-12-4-3-11(9-17)14(8-12)19-10-15-13(16)5-7-20-15/h3-5,7-8H,2,6,9-10H2,1H3. The highest BCUT2D eigenvalue weighted by atomic mass is 79.9. The quantitative estimate of drug-likeness (QED) is 0.585. The molecule has 0 aliphatic carbocycles. The summed E-state index contributed by atoms with van der Waals surface area (Å²) < 4.78 is 12.6. The minimum absolute atomic E-state index is 0.426. The van der Waals surface area contributed by atoms with Gasteiger partial charge in [0, 0.05) is 16.1 Å². The van der Waals surface area contributed by atoms with Gasteiger partial charge in [0.05, 0.1) is 17.4 Å². The summed E-state index contributed by atoms with van der Waals surface area (Å²) in [5.74, 6) is 2.03. The summed E-state index contributed by atoms with van der Waals surface area (Å²) >= 11 is 11.1. The summed E-state index contributed by atoms with van der Waals surface area (Å²) in [5.41, 5.74) is 0.975. The Morgan fingerprint density at radius 1 is 1.25 bits per heavy atom. The molecular formula is C15H16BrClO2S. The van der Waals surface area contributed by atoms with Crippen molar-refractivity contribution in [2.24, 2.45) is 0 Å². The van der Waals surface area contributed by atoms with E-state index in [4.69, 9.17) is 21.1 Å². The zero-order chi connectivity index (χ0) is 14.4. The van der Waals surface area contributed by atoms with Crippen molar-refractivity contribution < 1.29 is 9.47 Å². The van der Waals surface area contributed by atoms with Gasteiger partial charge in [-0.15, -0.1) is 22.9 Å². The van der Waals surface area contributed by atoms with Crippen molar-refractivity contribution in [1.29, 1.82) is 0 Å². The molecule has 0 amide bonds. The third-order valence-corrected chi connectivity index (χ3v) is 4.89. The van der Waals surface area contributed by atoms with E-state index in [0.29, 0.717) is 19.1 Å². The lowest BCUT2D eigenvalue weighted by Gasteiger charge is -2.12. The molecule has 0 bridgehead atoms. The summed E-state index contributed by atoms with van der Waals surface area (Å²) in [6.07, 6.45) is 0.982. The second kappa shape index (κ2) is 7.91. The molecule has 0 unspecified atom stereocenters. The molecule has 0 radical (unpaired) electrons. The van der Waals surface area contributed by atoms with Crippen LogP contribution >= 0.6 is 38.9 Å². The van der Waals surface area contributed by atoms with E-state index in [1.165, 1.54) is 0 Å². The average molecular weight is 376 g/mol. The molecule has 2 rings (SSSR count). The van der Waals surface area contributed by atoms with E-state index >= 15 is 0 Å². The van der Waals surface area contributed by atoms with Gasteiger partial charge in [-0.2, -0.15) is 0 Å². The van der Waals surface area contributed by atoms with E-state index in [9.17, 15) is 0 Å². The maximum atomic E-state index is 5.95. The molecule has 5 heteroatoms. The van der Waals surface area contributed by atoms with Crippen molar-refractivity contribution in [2.75, 3.05) is 6.61 Å². The van der Waals surface area contributed by atoms with Crippen LogP contribution in [0.4, 0.5) is 0 Å². The van der Waals surface area contributed by atoms with Crippen LogP contribution in [0.2, 0.25) is 0 Å². The molecular weight excluding hydrogens is 360 g/mol. The van der Waals surface area contributed by atoms with Gasteiger partial charge in [-0.3, -0.25) is 0 Å². The molecule has 1 heterocycles. The van der Waals surface area contributed by atoms with Crippen LogP contribution in [-0.2, 0) is 12.5 Å². The van der Waals surface area contributed by atoms with Crippen LogP contribution in [0.15, 0.2) is 34.1 Å². The highest BCUT2D eigenvalue weighted by Crippen LogP contribution is 2.29. The normalized spacial score (nSPS) is 10.6. The second-order valence-corrected chi connectivity index (χ2v) is 6.35. The number of ether oxygens (including phenoxy) is 2. The van der Waals surface area contributed by atoms with Gasteiger partial charge >= 0.3 is 0 Å². The topological polar surface area (TPSA) is 18.5 Å². The Bertz CT molecular complexity index is 557. The van der Waals surface area contributed by atoms with Crippen molar-refractivity contribution in [3.63, 3.8) is 0 Å². The Morgan fingerprint density at radius 3 is 2.75 bits per heavy atom. The van der Waals surface area contributed by atoms with E-state index in [1.807, 2.05) is 29.6 Å². The summed E-state index contributed by atoms with van der Waals surface area (Å²) in [7, 11) is 0. The van der Waals surface area contributed by atoms with Gasteiger partial charge in [0.25, 0.3) is 0 Å². The fourth-order valence-electron chi connectivity index (χ4n) is 1.66. The van der Waals surface area contributed by atoms with Crippen LogP contribution in [0.5, 0.6) is 11.5 Å². The Morgan fingerprint density at radius 2 is 2.10 bits per heavy atom. The van der Waals surface area contributed by atoms with Gasteiger partial charge < -0.3 is 9.47 Å². The first kappa shape index (κ1) is 15.7. The molecule has 0 saturated heterocycles. The Kier molecular flexibility index (Phi) is 6.20. The van der Waals surface area contributed by atoms with Crippen molar-refractivity contribution in [3.05, 3.63) is 44.6 Å². The highest BCUT2D eigenvalue weighted by molar-refractivity contribution is 9.10. The number of alkyl halides is 1. The van der Waals surface area contributed by atoms with E-state index in [-0.39, 0.29) is 0 Å². The zero-order valence-corrected chi connectivity index (χ0v) is 14.4. The summed E-state index contributed by atoms with van der Waals surface area (Å²) in [6, 6.07) is 7.82. The minimum atomic E-state index is 0.426. The Labute approximate surface area is 136 Å². The minimum Gasteiger partial charge on any atom is -0.493 e. The summed E-state index contributed by atoms with van der Waals surface area (Å²) in [5, 5.41) is 2.03. The fourth-order valence-corrected chi connectivity index (χ4v) is 3.26. The Hall–Kier alpha value is -0.710. The van der Waals surface area contributed by atoms with Crippen LogP contribution in [-0.4, -0.2) is 6.61 Å². The molecule has 0 N–H and O–H groups in total. The monoisotopic (exact) mass is 374 g/mol. The third-order valence-electron chi connectivity index (χ3n) is 2.71. The SMILES string of the molecule is CCCOc1ccc(CCl)c(OCc2sccc2Br)c1. The molecule has 0 saturated carbocycles. The molecule has 2 nitrogen and oxygen atoms in total. The van der Waals surface area contributed by atoms with Gasteiger partial charge in [-0.05, 0) is 39.9 Å². The maximum Gasteiger partial charge on any atom is 0.127 e. The summed E-state index contributed by atoms with van der Waals surface area (Å²) in [6.45, 7) is 3.31. The Balaban J connectivity index is 2.09. The van der Waals surface area contributed by atoms with Gasteiger partial charge in [0.2, 0.25) is 0 Å². The maximum absolute atomic E-state index is 5.95. The first-order valence-corrected chi connectivity index (χ1v) is 8.61. The van der Waals surface area contributed by atoms with Gasteiger partial charge in [0.1, 0.15) is 18.1 Å². The molecule has 0 atom stereocenters. The lowest BCUT2D eigenvalue weighted by atomic mass is 10.2. The fraction of sp³-hybridized carbons (Fsp3) is 0.333. The first-order valence-electron chi connectivity index (χ1n) is 6.41. The van der Waals surface area contributed by atoms with Crippen LogP contribution in [0, 0.1) is 0 Å². The lowest BCUT2D eigenvalue weighted by Crippen LogP contribution is -1.99. The van der Waals surface area contributed by atoms with Crippen LogP contribution in [0.1, 0.15) is 23.8 Å². The van der Waals surface area contributed by atoms with E-state index < -0.39 is 0 Å². The molecule has 20 heavy (non-hydrogen) atoms. The first-order chi connectivity index (χ1) is 9.74. The van der Waals surface area contributed by atoms with Gasteiger partial charge in [0.15, 0.2) is 0 Å². The number of rotatable bonds is 7. The second-order valence-electron chi connectivity index (χ2n) is 4.23. The van der Waals surface area contributed by atoms with Crippen molar-refractivity contribution in [3.8, 4) is 11.5 Å².